The highest BCUT2D eigenvalue weighted by molar-refractivity contribution is 7.89. The fourth-order valence-corrected chi connectivity index (χ4v) is 4.04. The number of rotatable bonds is 6. The molecule has 2 N–H and O–H groups in total. The minimum Gasteiger partial charge on any atom is -0.338 e. The Morgan fingerprint density at radius 1 is 1.19 bits per heavy atom. The molecular formula is C21H21FN6O2S. The Kier molecular flexibility index (Phi) is 5.32. The minimum atomic E-state index is -3.16. The van der Waals surface area contributed by atoms with Crippen LogP contribution in [0.5, 0.6) is 0 Å². The average molecular weight is 441 g/mol. The van der Waals surface area contributed by atoms with Gasteiger partial charge in [0.15, 0.2) is 21.5 Å². The summed E-state index contributed by atoms with van der Waals surface area (Å²) in [7, 11) is -1.43. The Balaban J connectivity index is 1.61. The molecule has 0 aliphatic carbocycles. The van der Waals surface area contributed by atoms with Gasteiger partial charge < -0.3 is 10.2 Å². The van der Waals surface area contributed by atoms with Crippen molar-refractivity contribution in [3.05, 3.63) is 65.7 Å². The Morgan fingerprint density at radius 3 is 2.77 bits per heavy atom. The standard InChI is InChI=1S/C21H21FN6O2S/c1-13-17-8-7-15(10-19(17)27-26-13)24-20-18(22)11-23-21(25-20)28(2)16-6-4-5-14(9-16)12-31(3,29)30/h4-11H,12H2,1-3H3,(H,26,27)(H,23,24,25). The number of hydrogen-bond acceptors (Lipinski definition) is 7. The Morgan fingerprint density at radius 2 is 2.00 bits per heavy atom. The first-order chi connectivity index (χ1) is 14.7. The number of nitrogens with one attached hydrogen (secondary N) is 2. The first-order valence-corrected chi connectivity index (χ1v) is 11.5. The van der Waals surface area contributed by atoms with Crippen LogP contribution in [0, 0.1) is 12.7 Å². The van der Waals surface area contributed by atoms with E-state index in [1.165, 1.54) is 6.26 Å². The summed E-state index contributed by atoms with van der Waals surface area (Å²) in [5.74, 6) is -0.371. The van der Waals surface area contributed by atoms with E-state index in [1.807, 2.05) is 25.1 Å². The smallest absolute Gasteiger partial charge is 0.231 e. The van der Waals surface area contributed by atoms with E-state index in [9.17, 15) is 12.8 Å². The highest BCUT2D eigenvalue weighted by atomic mass is 32.2. The Hall–Kier alpha value is -3.53. The molecular weight excluding hydrogens is 419 g/mol. The first kappa shape index (κ1) is 20.7. The molecule has 0 aliphatic heterocycles. The van der Waals surface area contributed by atoms with Gasteiger partial charge in [0, 0.05) is 30.1 Å². The molecule has 8 nitrogen and oxygen atoms in total. The number of aryl methyl sites for hydroxylation is 1. The van der Waals surface area contributed by atoms with Crippen molar-refractivity contribution in [3.63, 3.8) is 0 Å². The Bertz CT molecular complexity index is 1370. The van der Waals surface area contributed by atoms with E-state index in [4.69, 9.17) is 0 Å². The van der Waals surface area contributed by atoms with Crippen molar-refractivity contribution in [2.75, 3.05) is 23.5 Å². The second-order valence-electron chi connectivity index (χ2n) is 7.36. The first-order valence-electron chi connectivity index (χ1n) is 9.44. The van der Waals surface area contributed by atoms with Crippen LogP contribution < -0.4 is 10.2 Å². The van der Waals surface area contributed by atoms with Crippen molar-refractivity contribution in [1.29, 1.82) is 0 Å². The molecule has 2 heterocycles. The lowest BCUT2D eigenvalue weighted by Crippen LogP contribution is -2.15. The largest absolute Gasteiger partial charge is 0.338 e. The summed E-state index contributed by atoms with van der Waals surface area (Å²) in [6.45, 7) is 1.91. The lowest BCUT2D eigenvalue weighted by molar-refractivity contribution is 0.601. The number of H-pyrrole nitrogens is 1. The van der Waals surface area contributed by atoms with E-state index in [2.05, 4.69) is 25.5 Å². The van der Waals surface area contributed by atoms with Crippen LogP contribution in [-0.4, -0.2) is 41.9 Å². The highest BCUT2D eigenvalue weighted by Crippen LogP contribution is 2.26. The van der Waals surface area contributed by atoms with Gasteiger partial charge in [-0.05, 0) is 42.8 Å². The summed E-state index contributed by atoms with van der Waals surface area (Å²) in [6, 6.07) is 12.6. The molecule has 31 heavy (non-hydrogen) atoms. The maximum Gasteiger partial charge on any atom is 0.231 e. The lowest BCUT2D eigenvalue weighted by atomic mass is 10.2. The number of anilines is 4. The van der Waals surface area contributed by atoms with Crippen molar-refractivity contribution < 1.29 is 12.8 Å². The third kappa shape index (κ3) is 4.64. The quantitative estimate of drug-likeness (QED) is 0.469. The van der Waals surface area contributed by atoms with Crippen LogP contribution in [-0.2, 0) is 15.6 Å². The minimum absolute atomic E-state index is 0.0275. The SMILES string of the molecule is Cc1n[nH]c2cc(Nc3nc(N(C)c4cccc(CS(C)(=O)=O)c4)ncc3F)ccc12. The van der Waals surface area contributed by atoms with Crippen LogP contribution in [0.3, 0.4) is 0 Å². The fourth-order valence-electron chi connectivity index (χ4n) is 3.25. The molecule has 0 amide bonds. The average Bonchev–Trinajstić information content (AvgIpc) is 3.08. The summed E-state index contributed by atoms with van der Waals surface area (Å²) in [5, 5.41) is 11.1. The van der Waals surface area contributed by atoms with Crippen LogP contribution in [0.25, 0.3) is 10.9 Å². The van der Waals surface area contributed by atoms with Crippen LogP contribution in [0.4, 0.5) is 27.5 Å². The van der Waals surface area contributed by atoms with E-state index in [0.29, 0.717) is 16.9 Å². The lowest BCUT2D eigenvalue weighted by Gasteiger charge is -2.19. The summed E-state index contributed by atoms with van der Waals surface area (Å²) >= 11 is 0. The molecule has 0 fully saturated rings. The van der Waals surface area contributed by atoms with E-state index in [1.54, 1.807) is 36.2 Å². The normalized spacial score (nSPS) is 11.6. The molecule has 0 aliphatic rings. The molecule has 4 aromatic rings. The molecule has 4 rings (SSSR count). The zero-order valence-corrected chi connectivity index (χ0v) is 18.0. The van der Waals surface area contributed by atoms with E-state index in [0.717, 1.165) is 22.8 Å². The van der Waals surface area contributed by atoms with Crippen LogP contribution in [0.15, 0.2) is 48.7 Å². The third-order valence-electron chi connectivity index (χ3n) is 4.77. The van der Waals surface area contributed by atoms with Gasteiger partial charge in [0.1, 0.15) is 0 Å². The number of aromatic amines is 1. The van der Waals surface area contributed by atoms with E-state index in [-0.39, 0.29) is 17.5 Å². The fraction of sp³-hybridized carbons (Fsp3) is 0.190. The molecule has 0 bridgehead atoms. The van der Waals surface area contributed by atoms with Gasteiger partial charge in [-0.3, -0.25) is 5.10 Å². The van der Waals surface area contributed by atoms with Gasteiger partial charge >= 0.3 is 0 Å². The van der Waals surface area contributed by atoms with Gasteiger partial charge in [-0.2, -0.15) is 10.1 Å². The van der Waals surface area contributed by atoms with Gasteiger partial charge in [0.05, 0.1) is 23.2 Å². The monoisotopic (exact) mass is 440 g/mol. The molecule has 0 radical (unpaired) electrons. The molecule has 0 saturated heterocycles. The molecule has 160 valence electrons. The maximum absolute atomic E-state index is 14.4. The summed E-state index contributed by atoms with van der Waals surface area (Å²) in [5.41, 5.74) is 3.70. The second kappa shape index (κ2) is 7.95. The Labute approximate surface area is 179 Å². The molecule has 0 unspecified atom stereocenters. The van der Waals surface area contributed by atoms with Crippen molar-refractivity contribution in [3.8, 4) is 0 Å². The summed E-state index contributed by atoms with van der Waals surface area (Å²) in [4.78, 5) is 10.1. The zero-order valence-electron chi connectivity index (χ0n) is 17.2. The van der Waals surface area contributed by atoms with Crippen molar-refractivity contribution >= 4 is 43.9 Å². The topological polar surface area (TPSA) is 104 Å². The maximum atomic E-state index is 14.4. The third-order valence-corrected chi connectivity index (χ3v) is 5.63. The number of sulfone groups is 1. The second-order valence-corrected chi connectivity index (χ2v) is 9.50. The number of fused-ring (bicyclic) bond motifs is 1. The van der Waals surface area contributed by atoms with Crippen molar-refractivity contribution in [1.82, 2.24) is 20.2 Å². The molecule has 2 aromatic heterocycles. The molecule has 2 aromatic carbocycles. The number of halogens is 1. The number of benzene rings is 2. The van der Waals surface area contributed by atoms with Gasteiger partial charge in [-0.1, -0.05) is 12.1 Å². The number of hydrogen-bond donors (Lipinski definition) is 2. The van der Waals surface area contributed by atoms with E-state index < -0.39 is 15.7 Å². The molecule has 0 atom stereocenters. The van der Waals surface area contributed by atoms with Crippen molar-refractivity contribution in [2.45, 2.75) is 12.7 Å². The molecule has 0 saturated carbocycles. The van der Waals surface area contributed by atoms with Crippen LogP contribution in [0.2, 0.25) is 0 Å². The van der Waals surface area contributed by atoms with Gasteiger partial charge in [0.25, 0.3) is 0 Å². The number of aromatic nitrogens is 4. The van der Waals surface area contributed by atoms with Crippen LogP contribution >= 0.6 is 0 Å². The predicted octanol–water partition coefficient (Wildman–Crippen LogP) is 3.86. The van der Waals surface area contributed by atoms with Crippen LogP contribution in [0.1, 0.15) is 11.3 Å². The van der Waals surface area contributed by atoms with E-state index >= 15 is 0 Å². The summed E-state index contributed by atoms with van der Waals surface area (Å²) in [6.07, 6.45) is 2.28. The highest BCUT2D eigenvalue weighted by Gasteiger charge is 2.14. The zero-order chi connectivity index (χ0) is 22.2. The molecule has 0 spiro atoms. The van der Waals surface area contributed by atoms with Crippen molar-refractivity contribution in [2.24, 2.45) is 0 Å². The number of nitrogens with zero attached hydrogens (tertiary/aromatic N) is 4. The summed E-state index contributed by atoms with van der Waals surface area (Å²) < 4.78 is 37.6. The predicted molar refractivity (Wildman–Crippen MR) is 119 cm³/mol. The molecule has 10 heteroatoms. The van der Waals surface area contributed by atoms with Gasteiger partial charge in [0.2, 0.25) is 5.95 Å². The van der Waals surface area contributed by atoms with Gasteiger partial charge in [-0.25, -0.2) is 17.8 Å². The van der Waals surface area contributed by atoms with Gasteiger partial charge in [-0.15, -0.1) is 0 Å².